The van der Waals surface area contributed by atoms with Crippen molar-refractivity contribution in [1.29, 1.82) is 0 Å². The van der Waals surface area contributed by atoms with E-state index in [1.807, 2.05) is 0 Å². The number of rotatable bonds is 5. The third-order valence-corrected chi connectivity index (χ3v) is 3.24. The Labute approximate surface area is 122 Å². The van der Waals surface area contributed by atoms with Gasteiger partial charge < -0.3 is 10.1 Å². The Morgan fingerprint density at radius 3 is 2.85 bits per heavy atom. The van der Waals surface area contributed by atoms with E-state index < -0.39 is 0 Å². The smallest absolute Gasteiger partial charge is 0.216 e. The second-order valence-electron chi connectivity index (χ2n) is 4.27. The van der Waals surface area contributed by atoms with Gasteiger partial charge in [-0.25, -0.2) is 14.4 Å². The molecule has 2 rings (SSSR count). The Balaban J connectivity index is 2.26. The first kappa shape index (κ1) is 14.7. The highest BCUT2D eigenvalue weighted by molar-refractivity contribution is 6.30. The van der Waals surface area contributed by atoms with Crippen molar-refractivity contribution in [2.75, 3.05) is 14.2 Å². The van der Waals surface area contributed by atoms with Gasteiger partial charge in [0.1, 0.15) is 12.1 Å². The van der Waals surface area contributed by atoms with Gasteiger partial charge in [-0.15, -0.1) is 0 Å². The van der Waals surface area contributed by atoms with E-state index in [2.05, 4.69) is 15.3 Å². The molecule has 0 aliphatic rings. The van der Waals surface area contributed by atoms with Crippen molar-refractivity contribution in [2.45, 2.75) is 12.5 Å². The number of benzene rings is 1. The van der Waals surface area contributed by atoms with Gasteiger partial charge in [0.2, 0.25) is 5.88 Å². The number of hydrogen-bond acceptors (Lipinski definition) is 4. The van der Waals surface area contributed by atoms with Crippen molar-refractivity contribution in [3.05, 3.63) is 52.7 Å². The zero-order chi connectivity index (χ0) is 14.5. The minimum atomic E-state index is -0.282. The summed E-state index contributed by atoms with van der Waals surface area (Å²) in [7, 11) is 3.33. The number of halogens is 2. The lowest BCUT2D eigenvalue weighted by molar-refractivity contribution is 0.394. The summed E-state index contributed by atoms with van der Waals surface area (Å²) >= 11 is 5.90. The van der Waals surface area contributed by atoms with Crippen molar-refractivity contribution in [3.63, 3.8) is 0 Å². The second-order valence-corrected chi connectivity index (χ2v) is 4.70. The molecular weight excluding hydrogens is 281 g/mol. The van der Waals surface area contributed by atoms with E-state index >= 15 is 0 Å². The highest BCUT2D eigenvalue weighted by Crippen LogP contribution is 2.22. The third kappa shape index (κ3) is 3.43. The summed E-state index contributed by atoms with van der Waals surface area (Å²) in [6, 6.07) is 6.09. The Hall–Kier alpha value is -1.72. The molecule has 1 unspecified atom stereocenters. The Kier molecular flexibility index (Phi) is 4.87. The van der Waals surface area contributed by atoms with Gasteiger partial charge >= 0.3 is 0 Å². The van der Waals surface area contributed by atoms with E-state index in [9.17, 15) is 4.39 Å². The van der Waals surface area contributed by atoms with Crippen LogP contribution >= 0.6 is 11.6 Å². The van der Waals surface area contributed by atoms with Crippen LogP contribution in [0.4, 0.5) is 4.39 Å². The van der Waals surface area contributed by atoms with Crippen molar-refractivity contribution in [1.82, 2.24) is 15.3 Å². The number of likely N-dealkylation sites (N-methyl/N-ethyl adjacent to an activating group) is 1. The van der Waals surface area contributed by atoms with Crippen LogP contribution in [0.15, 0.2) is 30.6 Å². The van der Waals surface area contributed by atoms with E-state index in [0.717, 1.165) is 5.69 Å². The molecule has 2 aromatic rings. The lowest BCUT2D eigenvalue weighted by Gasteiger charge is -2.16. The molecule has 1 N–H and O–H groups in total. The zero-order valence-corrected chi connectivity index (χ0v) is 12.0. The van der Waals surface area contributed by atoms with Crippen molar-refractivity contribution in [3.8, 4) is 5.88 Å². The topological polar surface area (TPSA) is 47.0 Å². The fraction of sp³-hybridized carbons (Fsp3) is 0.286. The van der Waals surface area contributed by atoms with E-state index in [1.165, 1.54) is 25.6 Å². The number of methoxy groups -OCH3 is 1. The van der Waals surface area contributed by atoms with E-state index in [-0.39, 0.29) is 11.9 Å². The van der Waals surface area contributed by atoms with Gasteiger partial charge in [-0.05, 0) is 37.2 Å². The van der Waals surface area contributed by atoms with Crippen LogP contribution in [0.2, 0.25) is 5.02 Å². The Bertz CT molecular complexity index is 594. The molecule has 0 saturated heterocycles. The predicted molar refractivity (Wildman–Crippen MR) is 75.5 cm³/mol. The first-order valence-corrected chi connectivity index (χ1v) is 6.49. The van der Waals surface area contributed by atoms with Gasteiger partial charge in [-0.1, -0.05) is 11.6 Å². The fourth-order valence-corrected chi connectivity index (χ4v) is 2.12. The predicted octanol–water partition coefficient (Wildman–Crippen LogP) is 2.78. The van der Waals surface area contributed by atoms with Crippen LogP contribution in [-0.2, 0) is 6.42 Å². The summed E-state index contributed by atoms with van der Waals surface area (Å²) in [6.07, 6.45) is 1.86. The molecule has 0 aliphatic heterocycles. The summed E-state index contributed by atoms with van der Waals surface area (Å²) in [5, 5.41) is 3.62. The molecule has 0 spiro atoms. The number of nitrogens with zero attached hydrogens (tertiary/aromatic N) is 2. The van der Waals surface area contributed by atoms with Gasteiger partial charge in [0, 0.05) is 11.1 Å². The molecule has 1 aromatic carbocycles. The summed E-state index contributed by atoms with van der Waals surface area (Å²) in [5.41, 5.74) is 1.27. The lowest BCUT2D eigenvalue weighted by atomic mass is 10.0. The minimum absolute atomic E-state index is 0.153. The van der Waals surface area contributed by atoms with Crippen LogP contribution in [0.25, 0.3) is 0 Å². The highest BCUT2D eigenvalue weighted by atomic mass is 35.5. The molecule has 1 heterocycles. The number of aromatic nitrogens is 2. The largest absolute Gasteiger partial charge is 0.481 e. The first-order chi connectivity index (χ1) is 9.63. The van der Waals surface area contributed by atoms with Crippen LogP contribution in [0.1, 0.15) is 17.3 Å². The quantitative estimate of drug-likeness (QED) is 0.921. The van der Waals surface area contributed by atoms with E-state index in [1.54, 1.807) is 19.2 Å². The monoisotopic (exact) mass is 295 g/mol. The summed E-state index contributed by atoms with van der Waals surface area (Å²) < 4.78 is 18.9. The molecule has 0 fully saturated rings. The van der Waals surface area contributed by atoms with Gasteiger partial charge in [-0.2, -0.15) is 0 Å². The number of hydrogen-bond donors (Lipinski definition) is 1. The molecule has 20 heavy (non-hydrogen) atoms. The van der Waals surface area contributed by atoms with E-state index in [4.69, 9.17) is 16.3 Å². The average molecular weight is 296 g/mol. The summed E-state index contributed by atoms with van der Waals surface area (Å²) in [4.78, 5) is 8.15. The molecule has 1 atom stereocenters. The van der Waals surface area contributed by atoms with Crippen LogP contribution < -0.4 is 10.1 Å². The third-order valence-electron chi connectivity index (χ3n) is 3.01. The summed E-state index contributed by atoms with van der Waals surface area (Å²) in [6.45, 7) is 0. The molecule has 6 heteroatoms. The van der Waals surface area contributed by atoms with Gasteiger partial charge in [-0.3, -0.25) is 0 Å². The van der Waals surface area contributed by atoms with Crippen LogP contribution in [-0.4, -0.2) is 24.1 Å². The molecule has 0 aliphatic carbocycles. The SMILES string of the molecule is CNC(Cc1cc(Cl)ccc1F)c1cc(OC)ncn1. The maximum absolute atomic E-state index is 13.8. The molecule has 1 aromatic heterocycles. The molecule has 0 bridgehead atoms. The molecule has 106 valence electrons. The van der Waals surface area contributed by atoms with Crippen LogP contribution in [0.3, 0.4) is 0 Å². The molecular formula is C14H15ClFN3O. The lowest BCUT2D eigenvalue weighted by Crippen LogP contribution is -2.20. The maximum Gasteiger partial charge on any atom is 0.216 e. The standard InChI is InChI=1S/C14H15ClFN3O/c1-17-12(13-7-14(20-2)19-8-18-13)6-9-5-10(15)3-4-11(9)16/h3-5,7-8,12,17H,6H2,1-2H3. The number of nitrogens with one attached hydrogen (secondary N) is 1. The van der Waals surface area contributed by atoms with Crippen molar-refractivity contribution < 1.29 is 9.13 Å². The fourth-order valence-electron chi connectivity index (χ4n) is 1.93. The Morgan fingerprint density at radius 1 is 1.35 bits per heavy atom. The maximum atomic E-state index is 13.8. The van der Waals surface area contributed by atoms with E-state index in [0.29, 0.717) is 22.9 Å². The second kappa shape index (κ2) is 6.63. The molecule has 0 saturated carbocycles. The minimum Gasteiger partial charge on any atom is -0.481 e. The highest BCUT2D eigenvalue weighted by Gasteiger charge is 2.15. The van der Waals surface area contributed by atoms with Crippen molar-refractivity contribution in [2.24, 2.45) is 0 Å². The van der Waals surface area contributed by atoms with Gasteiger partial charge in [0.05, 0.1) is 18.8 Å². The Morgan fingerprint density at radius 2 is 2.15 bits per heavy atom. The molecule has 0 amide bonds. The zero-order valence-electron chi connectivity index (χ0n) is 11.2. The van der Waals surface area contributed by atoms with Crippen molar-refractivity contribution >= 4 is 11.6 Å². The molecule has 0 radical (unpaired) electrons. The van der Waals surface area contributed by atoms with Gasteiger partial charge in [0.15, 0.2) is 0 Å². The first-order valence-electron chi connectivity index (χ1n) is 6.11. The average Bonchev–Trinajstić information content (AvgIpc) is 2.48. The van der Waals surface area contributed by atoms with Crippen LogP contribution in [0, 0.1) is 5.82 Å². The normalized spacial score (nSPS) is 12.2. The van der Waals surface area contributed by atoms with Gasteiger partial charge in [0.25, 0.3) is 0 Å². The molecule has 4 nitrogen and oxygen atoms in total. The number of ether oxygens (including phenoxy) is 1. The van der Waals surface area contributed by atoms with Crippen LogP contribution in [0.5, 0.6) is 5.88 Å². The summed E-state index contributed by atoms with van der Waals surface area (Å²) in [5.74, 6) is 0.192.